The number of benzene rings is 1. The van der Waals surface area contributed by atoms with Crippen LogP contribution >= 0.6 is 28.6 Å². The number of carbonyl (C=O) groups excluding carboxylic acids is 1. The number of hydrogen-bond acceptors (Lipinski definition) is 3. The first-order valence-electron chi connectivity index (χ1n) is 6.65. The monoisotopic (exact) mass is 340 g/mol. The number of nitrogens with zero attached hydrogens (tertiary/aromatic N) is 1. The molecule has 1 amide bonds. The molecule has 3 saturated heterocycles. The SMILES string of the molecule is O=C(NC1CN2CCC1CC2)c1ccc(Br)cc1S. The Morgan fingerprint density at radius 2 is 2.11 bits per heavy atom. The maximum Gasteiger partial charge on any atom is 0.252 e. The van der Waals surface area contributed by atoms with E-state index in [4.69, 9.17) is 0 Å². The van der Waals surface area contributed by atoms with Gasteiger partial charge in [-0.25, -0.2) is 0 Å². The minimum absolute atomic E-state index is 0.00347. The van der Waals surface area contributed by atoms with Gasteiger partial charge in [0.2, 0.25) is 0 Å². The molecule has 102 valence electrons. The lowest BCUT2D eigenvalue weighted by Crippen LogP contribution is -2.57. The largest absolute Gasteiger partial charge is 0.348 e. The predicted octanol–water partition coefficient (Wildman–Crippen LogP) is 2.56. The number of amides is 1. The van der Waals surface area contributed by atoms with Gasteiger partial charge in [0.1, 0.15) is 0 Å². The summed E-state index contributed by atoms with van der Waals surface area (Å²) in [4.78, 5) is 15.5. The topological polar surface area (TPSA) is 32.3 Å². The van der Waals surface area contributed by atoms with Gasteiger partial charge in [-0.15, -0.1) is 12.6 Å². The van der Waals surface area contributed by atoms with Crippen molar-refractivity contribution >= 4 is 34.5 Å². The number of piperidine rings is 3. The van der Waals surface area contributed by atoms with Crippen LogP contribution in [0.2, 0.25) is 0 Å². The van der Waals surface area contributed by atoms with Crippen molar-refractivity contribution in [3.05, 3.63) is 28.2 Å². The summed E-state index contributed by atoms with van der Waals surface area (Å²) in [6, 6.07) is 5.86. The molecule has 0 aromatic heterocycles. The molecule has 2 bridgehead atoms. The molecule has 1 unspecified atom stereocenters. The molecule has 1 aromatic carbocycles. The lowest BCUT2D eigenvalue weighted by Gasteiger charge is -2.44. The minimum Gasteiger partial charge on any atom is -0.348 e. The fraction of sp³-hybridized carbons (Fsp3) is 0.500. The Bertz CT molecular complexity index is 500. The van der Waals surface area contributed by atoms with Crippen LogP contribution in [0.3, 0.4) is 0 Å². The summed E-state index contributed by atoms with van der Waals surface area (Å²) in [7, 11) is 0. The molecule has 19 heavy (non-hydrogen) atoms. The Hall–Kier alpha value is -0.520. The number of hydrogen-bond donors (Lipinski definition) is 2. The van der Waals surface area contributed by atoms with E-state index in [0.29, 0.717) is 22.4 Å². The number of nitrogens with one attached hydrogen (secondary N) is 1. The molecule has 0 spiro atoms. The van der Waals surface area contributed by atoms with Crippen LogP contribution in [0.1, 0.15) is 23.2 Å². The van der Waals surface area contributed by atoms with Gasteiger partial charge >= 0.3 is 0 Å². The summed E-state index contributed by atoms with van der Waals surface area (Å²) in [6.45, 7) is 3.37. The average Bonchev–Trinajstić information content (AvgIpc) is 2.39. The van der Waals surface area contributed by atoms with Gasteiger partial charge in [-0.05, 0) is 50.0 Å². The van der Waals surface area contributed by atoms with Gasteiger partial charge in [0.05, 0.1) is 5.56 Å². The molecule has 0 radical (unpaired) electrons. The van der Waals surface area contributed by atoms with Gasteiger partial charge < -0.3 is 10.2 Å². The number of rotatable bonds is 2. The number of carbonyl (C=O) groups is 1. The molecule has 3 aliphatic heterocycles. The summed E-state index contributed by atoms with van der Waals surface area (Å²) in [5, 5.41) is 3.18. The molecule has 1 atom stereocenters. The second-order valence-electron chi connectivity index (χ2n) is 5.38. The first-order chi connectivity index (χ1) is 9.13. The zero-order chi connectivity index (χ0) is 13.4. The van der Waals surface area contributed by atoms with Gasteiger partial charge in [-0.3, -0.25) is 4.79 Å². The van der Waals surface area contributed by atoms with E-state index in [0.717, 1.165) is 11.0 Å². The highest BCUT2D eigenvalue weighted by Crippen LogP contribution is 2.28. The van der Waals surface area contributed by atoms with Gasteiger partial charge in [0, 0.05) is 22.0 Å². The number of thiol groups is 1. The lowest BCUT2D eigenvalue weighted by molar-refractivity contribution is 0.0619. The van der Waals surface area contributed by atoms with E-state index < -0.39 is 0 Å². The lowest BCUT2D eigenvalue weighted by atomic mass is 9.84. The Labute approximate surface area is 127 Å². The third-order valence-corrected chi connectivity index (χ3v) is 5.04. The molecule has 4 rings (SSSR count). The highest BCUT2D eigenvalue weighted by atomic mass is 79.9. The maximum absolute atomic E-state index is 12.3. The van der Waals surface area contributed by atoms with Crippen molar-refractivity contribution in [3.63, 3.8) is 0 Å². The van der Waals surface area contributed by atoms with Crippen molar-refractivity contribution in [1.82, 2.24) is 10.2 Å². The summed E-state index contributed by atoms with van der Waals surface area (Å²) < 4.78 is 0.942. The molecule has 3 aliphatic rings. The van der Waals surface area contributed by atoms with Crippen LogP contribution < -0.4 is 5.32 Å². The number of halogens is 1. The van der Waals surface area contributed by atoms with Crippen molar-refractivity contribution in [3.8, 4) is 0 Å². The maximum atomic E-state index is 12.3. The average molecular weight is 341 g/mol. The molecule has 1 aromatic rings. The first kappa shape index (κ1) is 13.5. The second-order valence-corrected chi connectivity index (χ2v) is 6.78. The second kappa shape index (κ2) is 5.46. The Balaban J connectivity index is 1.71. The first-order valence-corrected chi connectivity index (χ1v) is 7.89. The van der Waals surface area contributed by atoms with Crippen molar-refractivity contribution in [2.45, 2.75) is 23.8 Å². The van der Waals surface area contributed by atoms with Crippen LogP contribution in [0.5, 0.6) is 0 Å². The Kier molecular flexibility index (Phi) is 3.87. The van der Waals surface area contributed by atoms with E-state index >= 15 is 0 Å². The third kappa shape index (κ3) is 2.83. The van der Waals surface area contributed by atoms with Crippen molar-refractivity contribution in [2.24, 2.45) is 5.92 Å². The normalized spacial score (nSPS) is 29.3. The van der Waals surface area contributed by atoms with Gasteiger partial charge in [-0.1, -0.05) is 15.9 Å². The molecule has 3 fully saturated rings. The van der Waals surface area contributed by atoms with E-state index in [1.807, 2.05) is 18.2 Å². The molecule has 0 saturated carbocycles. The molecular weight excluding hydrogens is 324 g/mol. The van der Waals surface area contributed by atoms with Crippen LogP contribution in [0, 0.1) is 5.92 Å². The number of fused-ring (bicyclic) bond motifs is 3. The van der Waals surface area contributed by atoms with Crippen molar-refractivity contribution in [1.29, 1.82) is 0 Å². The molecule has 3 nitrogen and oxygen atoms in total. The van der Waals surface area contributed by atoms with Crippen LogP contribution in [-0.4, -0.2) is 36.5 Å². The van der Waals surface area contributed by atoms with E-state index in [9.17, 15) is 4.79 Å². The van der Waals surface area contributed by atoms with Gasteiger partial charge in [0.15, 0.2) is 0 Å². The molecule has 5 heteroatoms. The zero-order valence-corrected chi connectivity index (χ0v) is 13.1. The van der Waals surface area contributed by atoms with Crippen molar-refractivity contribution in [2.75, 3.05) is 19.6 Å². The van der Waals surface area contributed by atoms with Crippen LogP contribution in [-0.2, 0) is 0 Å². The molecular formula is C14H17BrN2OS. The standard InChI is InChI=1S/C14H17BrN2OS/c15-10-1-2-11(13(19)7-10)14(18)16-12-8-17-5-3-9(12)4-6-17/h1-2,7,9,12,19H,3-6,8H2,(H,16,18). The van der Waals surface area contributed by atoms with Crippen molar-refractivity contribution < 1.29 is 4.79 Å². The highest BCUT2D eigenvalue weighted by Gasteiger charge is 2.35. The third-order valence-electron chi connectivity index (χ3n) is 4.18. The van der Waals surface area contributed by atoms with E-state index in [-0.39, 0.29) is 5.91 Å². The molecule has 0 aliphatic carbocycles. The molecule has 3 heterocycles. The molecule has 1 N–H and O–H groups in total. The Morgan fingerprint density at radius 1 is 1.37 bits per heavy atom. The van der Waals surface area contributed by atoms with E-state index in [1.54, 1.807) is 0 Å². The predicted molar refractivity (Wildman–Crippen MR) is 81.8 cm³/mol. The fourth-order valence-corrected chi connectivity index (χ4v) is 3.92. The van der Waals surface area contributed by atoms with E-state index in [1.165, 1.54) is 25.9 Å². The zero-order valence-electron chi connectivity index (χ0n) is 10.6. The van der Waals surface area contributed by atoms with Crippen LogP contribution in [0.25, 0.3) is 0 Å². The summed E-state index contributed by atoms with van der Waals surface area (Å²) in [6.07, 6.45) is 2.41. The highest BCUT2D eigenvalue weighted by molar-refractivity contribution is 9.10. The summed E-state index contributed by atoms with van der Waals surface area (Å²) in [5.41, 5.74) is 0.656. The smallest absolute Gasteiger partial charge is 0.252 e. The summed E-state index contributed by atoms with van der Waals surface area (Å²) >= 11 is 7.76. The quantitative estimate of drug-likeness (QED) is 0.811. The van der Waals surface area contributed by atoms with Gasteiger partial charge in [-0.2, -0.15) is 0 Å². The van der Waals surface area contributed by atoms with E-state index in [2.05, 4.69) is 38.8 Å². The van der Waals surface area contributed by atoms with Gasteiger partial charge in [0.25, 0.3) is 5.91 Å². The minimum atomic E-state index is -0.00347. The fourth-order valence-electron chi connectivity index (χ4n) is 3.07. The Morgan fingerprint density at radius 3 is 2.68 bits per heavy atom. The van der Waals surface area contributed by atoms with Crippen LogP contribution in [0.4, 0.5) is 0 Å². The van der Waals surface area contributed by atoms with Crippen LogP contribution in [0.15, 0.2) is 27.6 Å². The summed E-state index contributed by atoms with van der Waals surface area (Å²) in [5.74, 6) is 0.643.